The molecule has 3 aromatic rings. The topological polar surface area (TPSA) is 67.8 Å². The standard InChI is InChI=1S/C18H18N4OS3/c23-15(18(8-2-3-9-18)14-7-5-11-24-14)20-16-21-22-17(26-16)25-12-13-6-1-4-10-19-13/h1,4-7,10-11H,2-3,8-9,12H2,(H,20,21,23). The summed E-state index contributed by atoms with van der Waals surface area (Å²) in [5.74, 6) is 0.789. The Morgan fingerprint density at radius 3 is 2.81 bits per heavy atom. The van der Waals surface area contributed by atoms with E-state index < -0.39 is 5.41 Å². The molecule has 134 valence electrons. The molecule has 0 unspecified atom stereocenters. The lowest BCUT2D eigenvalue weighted by Gasteiger charge is -2.25. The summed E-state index contributed by atoms with van der Waals surface area (Å²) < 4.78 is 0.836. The summed E-state index contributed by atoms with van der Waals surface area (Å²) >= 11 is 4.67. The molecule has 3 heterocycles. The summed E-state index contributed by atoms with van der Waals surface area (Å²) in [7, 11) is 0. The van der Waals surface area contributed by atoms with Crippen molar-refractivity contribution in [1.29, 1.82) is 0 Å². The first-order valence-electron chi connectivity index (χ1n) is 8.48. The third-order valence-electron chi connectivity index (χ3n) is 4.58. The second-order valence-electron chi connectivity index (χ2n) is 6.20. The van der Waals surface area contributed by atoms with Crippen LogP contribution >= 0.6 is 34.4 Å². The number of hydrogen-bond acceptors (Lipinski definition) is 7. The van der Waals surface area contributed by atoms with E-state index in [1.54, 1.807) is 29.3 Å². The third kappa shape index (κ3) is 3.67. The van der Waals surface area contributed by atoms with Gasteiger partial charge < -0.3 is 0 Å². The Kier molecular flexibility index (Phi) is 5.33. The van der Waals surface area contributed by atoms with Gasteiger partial charge in [-0.05, 0) is 36.4 Å². The van der Waals surface area contributed by atoms with Crippen LogP contribution < -0.4 is 5.32 Å². The van der Waals surface area contributed by atoms with Crippen LogP contribution in [0.4, 0.5) is 5.13 Å². The van der Waals surface area contributed by atoms with Gasteiger partial charge in [0.05, 0.1) is 11.1 Å². The molecule has 4 rings (SSSR count). The first-order valence-corrected chi connectivity index (χ1v) is 11.2. The first-order chi connectivity index (χ1) is 12.8. The number of thiophene rings is 1. The fourth-order valence-corrected chi connectivity index (χ4v) is 5.92. The number of aromatic nitrogens is 3. The number of anilines is 1. The van der Waals surface area contributed by atoms with E-state index in [-0.39, 0.29) is 5.91 Å². The number of hydrogen-bond donors (Lipinski definition) is 1. The van der Waals surface area contributed by atoms with Gasteiger partial charge in [0.15, 0.2) is 4.34 Å². The monoisotopic (exact) mass is 402 g/mol. The lowest BCUT2D eigenvalue weighted by atomic mass is 9.83. The van der Waals surface area contributed by atoms with E-state index in [1.807, 2.05) is 29.6 Å². The van der Waals surface area contributed by atoms with Crippen LogP contribution in [0.25, 0.3) is 0 Å². The minimum absolute atomic E-state index is 0.0508. The molecule has 0 aromatic carbocycles. The molecule has 1 fully saturated rings. The van der Waals surface area contributed by atoms with Gasteiger partial charge in [0, 0.05) is 16.8 Å². The van der Waals surface area contributed by atoms with Gasteiger partial charge in [0.2, 0.25) is 11.0 Å². The van der Waals surface area contributed by atoms with Gasteiger partial charge in [-0.25, -0.2) is 0 Å². The maximum absolute atomic E-state index is 13.0. The van der Waals surface area contributed by atoms with Crippen molar-refractivity contribution in [2.75, 3.05) is 5.32 Å². The normalized spacial score (nSPS) is 15.8. The van der Waals surface area contributed by atoms with Crippen LogP contribution in [0, 0.1) is 0 Å². The second-order valence-corrected chi connectivity index (χ2v) is 9.35. The van der Waals surface area contributed by atoms with Crippen LogP contribution in [-0.2, 0) is 16.0 Å². The zero-order valence-electron chi connectivity index (χ0n) is 14.1. The number of amides is 1. The Bertz CT molecular complexity index is 858. The lowest BCUT2D eigenvalue weighted by Crippen LogP contribution is -2.37. The molecule has 1 amide bonds. The maximum atomic E-state index is 13.0. The molecule has 1 aliphatic rings. The van der Waals surface area contributed by atoms with Crippen LogP contribution in [0.2, 0.25) is 0 Å². The van der Waals surface area contributed by atoms with Crippen LogP contribution in [0.15, 0.2) is 46.2 Å². The van der Waals surface area contributed by atoms with Gasteiger partial charge in [0.1, 0.15) is 0 Å². The fraction of sp³-hybridized carbons (Fsp3) is 0.333. The smallest absolute Gasteiger partial charge is 0.237 e. The summed E-state index contributed by atoms with van der Waals surface area (Å²) in [5, 5.41) is 14.0. The highest BCUT2D eigenvalue weighted by Gasteiger charge is 2.43. The molecule has 0 saturated heterocycles. The minimum Gasteiger partial charge on any atom is -0.300 e. The highest BCUT2D eigenvalue weighted by atomic mass is 32.2. The van der Waals surface area contributed by atoms with Crippen molar-refractivity contribution in [3.8, 4) is 0 Å². The van der Waals surface area contributed by atoms with E-state index >= 15 is 0 Å². The van der Waals surface area contributed by atoms with Crippen LogP contribution in [0.3, 0.4) is 0 Å². The highest BCUT2D eigenvalue weighted by molar-refractivity contribution is 8.00. The molecular weight excluding hydrogens is 384 g/mol. The lowest BCUT2D eigenvalue weighted by molar-refractivity contribution is -0.121. The molecule has 0 spiro atoms. The summed E-state index contributed by atoms with van der Waals surface area (Å²) in [6.45, 7) is 0. The number of rotatable bonds is 6. The average molecular weight is 403 g/mol. The molecule has 0 radical (unpaired) electrons. The van der Waals surface area contributed by atoms with Crippen molar-refractivity contribution in [2.45, 2.75) is 41.2 Å². The number of carbonyl (C=O) groups is 1. The number of nitrogens with one attached hydrogen (secondary N) is 1. The Labute approximate surface area is 164 Å². The second kappa shape index (κ2) is 7.85. The molecular formula is C18H18N4OS3. The Morgan fingerprint density at radius 1 is 1.19 bits per heavy atom. The summed E-state index contributed by atoms with van der Waals surface area (Å²) in [6.07, 6.45) is 5.77. The fourth-order valence-electron chi connectivity index (χ4n) is 3.27. The Balaban J connectivity index is 1.42. The van der Waals surface area contributed by atoms with Gasteiger partial charge in [-0.15, -0.1) is 21.5 Å². The molecule has 5 nitrogen and oxygen atoms in total. The van der Waals surface area contributed by atoms with Crippen LogP contribution in [-0.4, -0.2) is 21.1 Å². The first kappa shape index (κ1) is 17.6. The molecule has 26 heavy (non-hydrogen) atoms. The van der Waals surface area contributed by atoms with E-state index in [1.165, 1.54) is 11.3 Å². The zero-order valence-corrected chi connectivity index (χ0v) is 16.5. The summed E-state index contributed by atoms with van der Waals surface area (Å²) in [5.41, 5.74) is 0.599. The van der Waals surface area contributed by atoms with Crippen molar-refractivity contribution < 1.29 is 4.79 Å². The van der Waals surface area contributed by atoms with Gasteiger partial charge in [-0.3, -0.25) is 15.1 Å². The number of nitrogens with zero attached hydrogens (tertiary/aromatic N) is 3. The van der Waals surface area contributed by atoms with Crippen LogP contribution in [0.5, 0.6) is 0 Å². The summed E-state index contributed by atoms with van der Waals surface area (Å²) in [4.78, 5) is 18.5. The van der Waals surface area contributed by atoms with Gasteiger partial charge in [-0.2, -0.15) is 0 Å². The minimum atomic E-state index is -0.402. The quantitative estimate of drug-likeness (QED) is 0.476. The molecule has 1 aliphatic carbocycles. The maximum Gasteiger partial charge on any atom is 0.237 e. The van der Waals surface area contributed by atoms with E-state index in [9.17, 15) is 4.79 Å². The molecule has 1 saturated carbocycles. The number of thioether (sulfide) groups is 1. The molecule has 0 aliphatic heterocycles. The van der Waals surface area contributed by atoms with Crippen molar-refractivity contribution in [3.05, 3.63) is 52.5 Å². The predicted octanol–water partition coefficient (Wildman–Crippen LogP) is 4.74. The molecule has 0 atom stereocenters. The van der Waals surface area contributed by atoms with E-state index in [0.717, 1.165) is 46.3 Å². The third-order valence-corrected chi connectivity index (χ3v) is 7.66. The average Bonchev–Trinajstić information content (AvgIpc) is 3.42. The zero-order chi connectivity index (χ0) is 17.8. The Hall–Kier alpha value is -1.77. The van der Waals surface area contributed by atoms with Gasteiger partial charge in [0.25, 0.3) is 0 Å². The molecule has 8 heteroatoms. The molecule has 1 N–H and O–H groups in total. The van der Waals surface area contributed by atoms with E-state index in [0.29, 0.717) is 5.13 Å². The number of pyridine rings is 1. The van der Waals surface area contributed by atoms with Crippen LogP contribution in [0.1, 0.15) is 36.3 Å². The highest BCUT2D eigenvalue weighted by Crippen LogP contribution is 2.44. The molecule has 0 bridgehead atoms. The van der Waals surface area contributed by atoms with Crippen molar-refractivity contribution in [1.82, 2.24) is 15.2 Å². The SMILES string of the molecule is O=C(Nc1nnc(SCc2ccccn2)s1)C1(c2cccs2)CCCC1. The molecule has 3 aromatic heterocycles. The van der Waals surface area contributed by atoms with E-state index in [2.05, 4.69) is 26.6 Å². The predicted molar refractivity (Wildman–Crippen MR) is 107 cm³/mol. The van der Waals surface area contributed by atoms with Gasteiger partial charge >= 0.3 is 0 Å². The Morgan fingerprint density at radius 2 is 2.08 bits per heavy atom. The van der Waals surface area contributed by atoms with E-state index in [4.69, 9.17) is 0 Å². The van der Waals surface area contributed by atoms with Crippen molar-refractivity contribution >= 4 is 45.5 Å². The van der Waals surface area contributed by atoms with Crippen molar-refractivity contribution in [2.24, 2.45) is 0 Å². The van der Waals surface area contributed by atoms with Crippen molar-refractivity contribution in [3.63, 3.8) is 0 Å². The van der Waals surface area contributed by atoms with Gasteiger partial charge in [-0.1, -0.05) is 48.1 Å². The largest absolute Gasteiger partial charge is 0.300 e. The number of carbonyl (C=O) groups excluding carboxylic acids is 1. The summed E-state index contributed by atoms with van der Waals surface area (Å²) in [6, 6.07) is 9.95.